The van der Waals surface area contributed by atoms with Crippen LogP contribution in [-0.2, 0) is 17.6 Å². The highest BCUT2D eigenvalue weighted by Crippen LogP contribution is 2.37. The van der Waals surface area contributed by atoms with Gasteiger partial charge in [-0.15, -0.1) is 0 Å². The van der Waals surface area contributed by atoms with Gasteiger partial charge in [0.1, 0.15) is 11.6 Å². The number of nitrogens with zero attached hydrogens (tertiary/aromatic N) is 2. The van der Waals surface area contributed by atoms with Gasteiger partial charge in [0.05, 0.1) is 25.4 Å². The van der Waals surface area contributed by atoms with E-state index in [-0.39, 0.29) is 5.91 Å². The Morgan fingerprint density at radius 2 is 1.93 bits per heavy atom. The third-order valence-corrected chi connectivity index (χ3v) is 5.01. The molecule has 0 saturated carbocycles. The third-order valence-electron chi connectivity index (χ3n) is 5.01. The number of aromatic nitrogens is 1. The molecule has 1 unspecified atom stereocenters. The van der Waals surface area contributed by atoms with Crippen molar-refractivity contribution >= 4 is 23.1 Å². The quantitative estimate of drug-likeness (QED) is 0.722. The first-order chi connectivity index (χ1) is 13.6. The van der Waals surface area contributed by atoms with Crippen LogP contribution in [0.2, 0.25) is 0 Å². The first-order valence-corrected chi connectivity index (χ1v) is 9.40. The van der Waals surface area contributed by atoms with Crippen LogP contribution in [0.4, 0.5) is 17.2 Å². The van der Waals surface area contributed by atoms with Crippen LogP contribution in [0.1, 0.15) is 18.1 Å². The molecule has 5 nitrogen and oxygen atoms in total. The zero-order valence-corrected chi connectivity index (χ0v) is 16.1. The predicted octanol–water partition coefficient (Wildman–Crippen LogP) is 4.35. The van der Waals surface area contributed by atoms with Gasteiger partial charge in [-0.3, -0.25) is 4.79 Å². The summed E-state index contributed by atoms with van der Waals surface area (Å²) in [5, 5.41) is 2.92. The molecular formula is C23H23N3O2. The lowest BCUT2D eigenvalue weighted by atomic mass is 10.1. The molecule has 4 rings (SSSR count). The molecule has 142 valence electrons. The van der Waals surface area contributed by atoms with Crippen LogP contribution >= 0.6 is 0 Å². The van der Waals surface area contributed by atoms with Crippen molar-refractivity contribution in [3.8, 4) is 5.75 Å². The van der Waals surface area contributed by atoms with Gasteiger partial charge in [0.2, 0.25) is 5.91 Å². The minimum Gasteiger partial charge on any atom is -0.497 e. The first-order valence-electron chi connectivity index (χ1n) is 9.40. The van der Waals surface area contributed by atoms with Crippen molar-refractivity contribution in [3.63, 3.8) is 0 Å². The molecule has 5 heteroatoms. The molecule has 1 atom stereocenters. The van der Waals surface area contributed by atoms with Crippen LogP contribution in [0.25, 0.3) is 0 Å². The average Bonchev–Trinajstić information content (AvgIpc) is 3.05. The number of ether oxygens (including phenoxy) is 1. The second-order valence-electron chi connectivity index (χ2n) is 7.03. The second-order valence-corrected chi connectivity index (χ2v) is 7.03. The third kappa shape index (κ3) is 3.69. The fraction of sp³-hybridized carbons (Fsp3) is 0.217. The zero-order chi connectivity index (χ0) is 19.5. The molecule has 1 aliphatic rings. The number of hydrogen-bond acceptors (Lipinski definition) is 4. The Morgan fingerprint density at radius 1 is 1.14 bits per heavy atom. The number of hydrogen-bond donors (Lipinski definition) is 1. The number of para-hydroxylation sites is 1. The van der Waals surface area contributed by atoms with E-state index >= 15 is 0 Å². The smallest absolute Gasteiger partial charge is 0.228 e. The van der Waals surface area contributed by atoms with Crippen LogP contribution < -0.4 is 15.0 Å². The van der Waals surface area contributed by atoms with E-state index < -0.39 is 0 Å². The van der Waals surface area contributed by atoms with Gasteiger partial charge in [-0.2, -0.15) is 0 Å². The number of anilines is 3. The predicted molar refractivity (Wildman–Crippen MR) is 111 cm³/mol. The summed E-state index contributed by atoms with van der Waals surface area (Å²) in [6, 6.07) is 20.1. The Labute approximate surface area is 165 Å². The number of pyridine rings is 1. The van der Waals surface area contributed by atoms with E-state index in [9.17, 15) is 4.79 Å². The van der Waals surface area contributed by atoms with Gasteiger partial charge in [-0.1, -0.05) is 30.3 Å². The highest BCUT2D eigenvalue weighted by Gasteiger charge is 2.27. The van der Waals surface area contributed by atoms with Crippen LogP contribution in [0.5, 0.6) is 5.75 Å². The minimum absolute atomic E-state index is 0.0698. The number of fused-ring (bicyclic) bond motifs is 1. The number of carbonyl (C=O) groups excluding carboxylic acids is 1. The monoisotopic (exact) mass is 373 g/mol. The molecule has 0 bridgehead atoms. The van der Waals surface area contributed by atoms with Gasteiger partial charge in [-0.25, -0.2) is 4.98 Å². The molecule has 0 saturated heterocycles. The molecule has 3 aromatic rings. The molecule has 1 amide bonds. The summed E-state index contributed by atoms with van der Waals surface area (Å²) >= 11 is 0. The number of nitrogens with one attached hydrogen (secondary N) is 1. The van der Waals surface area contributed by atoms with Gasteiger partial charge in [-0.05, 0) is 54.8 Å². The topological polar surface area (TPSA) is 54.5 Å². The molecule has 2 aromatic carbocycles. The van der Waals surface area contributed by atoms with Crippen LogP contribution in [-0.4, -0.2) is 24.0 Å². The summed E-state index contributed by atoms with van der Waals surface area (Å²) in [6.45, 7) is 2.20. The summed E-state index contributed by atoms with van der Waals surface area (Å²) in [6.07, 6.45) is 3.04. The lowest BCUT2D eigenvalue weighted by molar-refractivity contribution is -0.115. The highest BCUT2D eigenvalue weighted by molar-refractivity contribution is 5.92. The van der Waals surface area contributed by atoms with Crippen molar-refractivity contribution in [1.29, 1.82) is 0 Å². The van der Waals surface area contributed by atoms with Crippen molar-refractivity contribution in [2.75, 3.05) is 17.3 Å². The average molecular weight is 373 g/mol. The van der Waals surface area contributed by atoms with E-state index in [1.54, 1.807) is 13.3 Å². The van der Waals surface area contributed by atoms with E-state index in [1.807, 2.05) is 36.4 Å². The normalized spacial score (nSPS) is 15.2. The van der Waals surface area contributed by atoms with Crippen molar-refractivity contribution in [2.45, 2.75) is 25.8 Å². The minimum atomic E-state index is -0.0698. The van der Waals surface area contributed by atoms with Crippen LogP contribution in [0, 0.1) is 0 Å². The van der Waals surface area contributed by atoms with E-state index in [2.05, 4.69) is 46.4 Å². The molecule has 0 fully saturated rings. The Morgan fingerprint density at radius 3 is 2.64 bits per heavy atom. The summed E-state index contributed by atoms with van der Waals surface area (Å²) in [5.74, 6) is 1.60. The van der Waals surface area contributed by atoms with Crippen LogP contribution in [0.15, 0.2) is 66.9 Å². The standard InChI is InChI=1S/C23H23N3O2/c1-16-13-18-5-3-4-6-21(18)26(16)22-12-9-19(15-24-22)25-23(27)14-17-7-10-20(28-2)11-8-17/h3-12,15-16H,13-14H2,1-2H3,(H,25,27). The van der Waals surface area contributed by atoms with Gasteiger partial charge in [0.25, 0.3) is 0 Å². The number of rotatable bonds is 5. The highest BCUT2D eigenvalue weighted by atomic mass is 16.5. The molecule has 1 N–H and O–H groups in total. The molecule has 0 aliphatic carbocycles. The maximum atomic E-state index is 12.3. The molecule has 0 radical (unpaired) electrons. The summed E-state index contributed by atoms with van der Waals surface area (Å²) < 4.78 is 5.14. The maximum Gasteiger partial charge on any atom is 0.228 e. The fourth-order valence-corrected chi connectivity index (χ4v) is 3.65. The second kappa shape index (κ2) is 7.72. The lowest BCUT2D eigenvalue weighted by Gasteiger charge is -2.24. The largest absolute Gasteiger partial charge is 0.497 e. The Hall–Kier alpha value is -3.34. The van der Waals surface area contributed by atoms with Crippen LogP contribution in [0.3, 0.4) is 0 Å². The SMILES string of the molecule is COc1ccc(CC(=O)Nc2ccc(N3c4ccccc4CC3C)nc2)cc1. The number of amides is 1. The van der Waals surface area contributed by atoms with Gasteiger partial charge in [0.15, 0.2) is 0 Å². The van der Waals surface area contributed by atoms with Gasteiger partial charge in [0, 0.05) is 11.7 Å². The Kier molecular flexibility index (Phi) is 4.98. The fourth-order valence-electron chi connectivity index (χ4n) is 3.65. The summed E-state index contributed by atoms with van der Waals surface area (Å²) in [4.78, 5) is 19.1. The van der Waals surface area contributed by atoms with Crippen molar-refractivity contribution in [1.82, 2.24) is 4.98 Å². The van der Waals surface area contributed by atoms with E-state index in [4.69, 9.17) is 4.74 Å². The Bertz CT molecular complexity index is 968. The number of methoxy groups -OCH3 is 1. The maximum absolute atomic E-state index is 12.3. The summed E-state index contributed by atoms with van der Waals surface area (Å²) in [7, 11) is 1.62. The van der Waals surface area contributed by atoms with E-state index in [1.165, 1.54) is 11.3 Å². The van der Waals surface area contributed by atoms with Gasteiger partial charge < -0.3 is 15.0 Å². The Balaban J connectivity index is 1.42. The lowest BCUT2D eigenvalue weighted by Crippen LogP contribution is -2.24. The van der Waals surface area contributed by atoms with E-state index in [0.717, 1.165) is 23.6 Å². The van der Waals surface area contributed by atoms with Crippen molar-refractivity contribution < 1.29 is 9.53 Å². The zero-order valence-electron chi connectivity index (χ0n) is 16.1. The van der Waals surface area contributed by atoms with Crippen molar-refractivity contribution in [3.05, 3.63) is 78.0 Å². The molecular weight excluding hydrogens is 350 g/mol. The van der Waals surface area contributed by atoms with Gasteiger partial charge >= 0.3 is 0 Å². The molecule has 0 spiro atoms. The number of benzene rings is 2. The number of carbonyl (C=O) groups is 1. The van der Waals surface area contributed by atoms with E-state index in [0.29, 0.717) is 18.2 Å². The first kappa shape index (κ1) is 18.0. The molecule has 28 heavy (non-hydrogen) atoms. The molecule has 1 aromatic heterocycles. The van der Waals surface area contributed by atoms with Crippen molar-refractivity contribution in [2.24, 2.45) is 0 Å². The summed E-state index contributed by atoms with van der Waals surface area (Å²) in [5.41, 5.74) is 4.18. The molecule has 2 heterocycles. The molecule has 1 aliphatic heterocycles.